The average molecular weight is 261 g/mol. The molecule has 0 aliphatic heterocycles. The zero-order valence-corrected chi connectivity index (χ0v) is 10.2. The van der Waals surface area contributed by atoms with Crippen molar-refractivity contribution in [2.24, 2.45) is 0 Å². The average Bonchev–Trinajstić information content (AvgIpc) is 2.39. The number of phenolic OH excluding ortho intramolecular Hbond substituents is 4. The molecule has 2 aromatic rings. The molecule has 100 valence electrons. The maximum atomic E-state index is 9.61. The van der Waals surface area contributed by atoms with Gasteiger partial charge in [0, 0.05) is 24.2 Å². The first-order valence-electron chi connectivity index (χ1n) is 5.80. The summed E-state index contributed by atoms with van der Waals surface area (Å²) in [5, 5.41) is 40.9. The van der Waals surface area contributed by atoms with Crippen LogP contribution < -0.4 is 5.32 Å². The van der Waals surface area contributed by atoms with E-state index in [1.54, 1.807) is 24.3 Å². The van der Waals surface area contributed by atoms with Crippen LogP contribution in [0.25, 0.3) is 0 Å². The molecule has 19 heavy (non-hydrogen) atoms. The Morgan fingerprint density at radius 3 is 1.53 bits per heavy atom. The Hall–Kier alpha value is -2.40. The minimum atomic E-state index is -0.167. The predicted molar refractivity (Wildman–Crippen MR) is 70.1 cm³/mol. The van der Waals surface area contributed by atoms with E-state index in [0.717, 1.165) is 0 Å². The van der Waals surface area contributed by atoms with Crippen molar-refractivity contribution in [2.45, 2.75) is 13.1 Å². The van der Waals surface area contributed by atoms with Gasteiger partial charge in [0.2, 0.25) is 0 Å². The Balaban J connectivity index is 2.00. The highest BCUT2D eigenvalue weighted by Crippen LogP contribution is 2.29. The molecule has 0 saturated carbocycles. The van der Waals surface area contributed by atoms with Crippen LogP contribution in [0.1, 0.15) is 11.1 Å². The lowest BCUT2D eigenvalue weighted by molar-refractivity contribution is 0.394. The fourth-order valence-corrected chi connectivity index (χ4v) is 1.77. The molecular formula is C14H15NO4. The summed E-state index contributed by atoms with van der Waals surface area (Å²) in [7, 11) is 0. The molecule has 0 aromatic heterocycles. The molecule has 0 spiro atoms. The first-order valence-corrected chi connectivity index (χ1v) is 5.80. The van der Waals surface area contributed by atoms with E-state index in [4.69, 9.17) is 0 Å². The normalized spacial score (nSPS) is 10.5. The second-order valence-electron chi connectivity index (χ2n) is 4.17. The Bertz CT molecular complexity index is 532. The fourth-order valence-electron chi connectivity index (χ4n) is 1.77. The van der Waals surface area contributed by atoms with Gasteiger partial charge in [-0.15, -0.1) is 0 Å². The summed E-state index contributed by atoms with van der Waals surface area (Å²) in [6, 6.07) is 9.45. The maximum absolute atomic E-state index is 9.61. The van der Waals surface area contributed by atoms with Crippen molar-refractivity contribution in [3.8, 4) is 23.0 Å². The van der Waals surface area contributed by atoms with E-state index < -0.39 is 0 Å². The first kappa shape index (κ1) is 13.0. The standard InChI is InChI=1S/C14H15NO4/c16-11-5-1-3-9(13(11)18)7-15-8-10-4-2-6-12(17)14(10)19/h1-6,15-19H,7-8H2. The van der Waals surface area contributed by atoms with Crippen molar-refractivity contribution in [3.05, 3.63) is 47.5 Å². The molecule has 0 aliphatic carbocycles. The molecule has 0 fully saturated rings. The van der Waals surface area contributed by atoms with E-state index in [9.17, 15) is 20.4 Å². The van der Waals surface area contributed by atoms with Crippen molar-refractivity contribution in [1.82, 2.24) is 5.32 Å². The highest BCUT2D eigenvalue weighted by Gasteiger charge is 2.07. The molecule has 5 N–H and O–H groups in total. The van der Waals surface area contributed by atoms with E-state index in [1.807, 2.05) is 0 Å². The van der Waals surface area contributed by atoms with Crippen LogP contribution in [0.3, 0.4) is 0 Å². The summed E-state index contributed by atoms with van der Waals surface area (Å²) in [5.74, 6) is -0.649. The van der Waals surface area contributed by atoms with E-state index in [2.05, 4.69) is 5.32 Å². The molecule has 0 radical (unpaired) electrons. The quantitative estimate of drug-likeness (QED) is 0.541. The molecular weight excluding hydrogens is 246 g/mol. The van der Waals surface area contributed by atoms with E-state index in [0.29, 0.717) is 24.2 Å². The first-order chi connectivity index (χ1) is 9.09. The van der Waals surface area contributed by atoms with Gasteiger partial charge in [-0.3, -0.25) is 0 Å². The van der Waals surface area contributed by atoms with Gasteiger partial charge in [-0.25, -0.2) is 0 Å². The van der Waals surface area contributed by atoms with Crippen LogP contribution in [-0.4, -0.2) is 20.4 Å². The number of para-hydroxylation sites is 2. The Morgan fingerprint density at radius 2 is 1.11 bits per heavy atom. The second-order valence-corrected chi connectivity index (χ2v) is 4.17. The van der Waals surface area contributed by atoms with Crippen LogP contribution in [0, 0.1) is 0 Å². The number of rotatable bonds is 4. The van der Waals surface area contributed by atoms with Crippen LogP contribution in [0.15, 0.2) is 36.4 Å². The third-order valence-electron chi connectivity index (χ3n) is 2.83. The summed E-state index contributed by atoms with van der Waals surface area (Å²) in [4.78, 5) is 0. The smallest absolute Gasteiger partial charge is 0.161 e. The third-order valence-corrected chi connectivity index (χ3v) is 2.83. The maximum Gasteiger partial charge on any atom is 0.161 e. The number of phenols is 4. The summed E-state index contributed by atoms with van der Waals surface area (Å²) < 4.78 is 0. The summed E-state index contributed by atoms with van der Waals surface area (Å²) in [6.07, 6.45) is 0. The van der Waals surface area contributed by atoms with Crippen molar-refractivity contribution in [2.75, 3.05) is 0 Å². The minimum Gasteiger partial charge on any atom is -0.504 e. The van der Waals surface area contributed by atoms with Gasteiger partial charge >= 0.3 is 0 Å². The second kappa shape index (κ2) is 5.49. The van der Waals surface area contributed by atoms with Crippen molar-refractivity contribution in [3.63, 3.8) is 0 Å². The molecule has 5 nitrogen and oxygen atoms in total. The fraction of sp³-hybridized carbons (Fsp3) is 0.143. The van der Waals surface area contributed by atoms with Crippen LogP contribution in [0.4, 0.5) is 0 Å². The van der Waals surface area contributed by atoms with Gasteiger partial charge in [0.25, 0.3) is 0 Å². The number of hydrogen-bond donors (Lipinski definition) is 5. The van der Waals surface area contributed by atoms with Gasteiger partial charge in [-0.05, 0) is 12.1 Å². The van der Waals surface area contributed by atoms with Gasteiger partial charge in [0.1, 0.15) is 0 Å². The van der Waals surface area contributed by atoms with E-state index >= 15 is 0 Å². The van der Waals surface area contributed by atoms with E-state index in [-0.39, 0.29) is 23.0 Å². The molecule has 2 aromatic carbocycles. The molecule has 2 rings (SSSR count). The molecule has 5 heteroatoms. The Morgan fingerprint density at radius 1 is 0.684 bits per heavy atom. The summed E-state index contributed by atoms with van der Waals surface area (Å²) >= 11 is 0. The van der Waals surface area contributed by atoms with E-state index in [1.165, 1.54) is 12.1 Å². The van der Waals surface area contributed by atoms with Crippen molar-refractivity contribution < 1.29 is 20.4 Å². The van der Waals surface area contributed by atoms with Crippen LogP contribution in [-0.2, 0) is 13.1 Å². The third kappa shape index (κ3) is 2.89. The largest absolute Gasteiger partial charge is 0.504 e. The van der Waals surface area contributed by atoms with Crippen LogP contribution in [0.2, 0.25) is 0 Å². The Labute approximate surface area is 110 Å². The van der Waals surface area contributed by atoms with Crippen molar-refractivity contribution in [1.29, 1.82) is 0 Å². The lowest BCUT2D eigenvalue weighted by atomic mass is 10.1. The SMILES string of the molecule is Oc1cccc(CNCc2cccc(O)c2O)c1O. The number of hydrogen-bond acceptors (Lipinski definition) is 5. The lowest BCUT2D eigenvalue weighted by Crippen LogP contribution is -2.12. The summed E-state index contributed by atoms with van der Waals surface area (Å²) in [5.41, 5.74) is 1.11. The molecule has 0 unspecified atom stereocenters. The van der Waals surface area contributed by atoms with Gasteiger partial charge in [0.05, 0.1) is 0 Å². The molecule has 0 bridgehead atoms. The lowest BCUT2D eigenvalue weighted by Gasteiger charge is -2.09. The number of aromatic hydroxyl groups is 4. The highest BCUT2D eigenvalue weighted by molar-refractivity contribution is 5.45. The van der Waals surface area contributed by atoms with Gasteiger partial charge in [-0.2, -0.15) is 0 Å². The van der Waals surface area contributed by atoms with Gasteiger partial charge in [-0.1, -0.05) is 24.3 Å². The van der Waals surface area contributed by atoms with Gasteiger partial charge < -0.3 is 25.7 Å². The number of benzene rings is 2. The Kier molecular flexibility index (Phi) is 3.77. The van der Waals surface area contributed by atoms with Crippen LogP contribution in [0.5, 0.6) is 23.0 Å². The highest BCUT2D eigenvalue weighted by atomic mass is 16.3. The monoisotopic (exact) mass is 261 g/mol. The molecule has 0 amide bonds. The molecule has 0 heterocycles. The minimum absolute atomic E-state index is 0.157. The van der Waals surface area contributed by atoms with Crippen molar-refractivity contribution >= 4 is 0 Å². The predicted octanol–water partition coefficient (Wildman–Crippen LogP) is 1.80. The van der Waals surface area contributed by atoms with Crippen LogP contribution >= 0.6 is 0 Å². The zero-order chi connectivity index (χ0) is 13.8. The molecule has 0 atom stereocenters. The molecule has 0 aliphatic rings. The number of nitrogens with one attached hydrogen (secondary N) is 1. The van der Waals surface area contributed by atoms with Gasteiger partial charge in [0.15, 0.2) is 23.0 Å². The summed E-state index contributed by atoms with van der Waals surface area (Å²) in [6.45, 7) is 0.657. The zero-order valence-electron chi connectivity index (χ0n) is 10.2. The molecule has 0 saturated heterocycles. The topological polar surface area (TPSA) is 93.0 Å².